The minimum absolute atomic E-state index is 0.00921. The Morgan fingerprint density at radius 2 is 1.41 bits per heavy atom. The van der Waals surface area contributed by atoms with Crippen molar-refractivity contribution in [2.75, 3.05) is 0 Å². The van der Waals surface area contributed by atoms with Crippen molar-refractivity contribution in [3.63, 3.8) is 0 Å². The Morgan fingerprint density at radius 3 is 2.05 bits per heavy atom. The van der Waals surface area contributed by atoms with Crippen LogP contribution in [-0.2, 0) is 9.84 Å². The van der Waals surface area contributed by atoms with Crippen molar-refractivity contribution in [2.45, 2.75) is 9.79 Å². The van der Waals surface area contributed by atoms with Gasteiger partial charge in [0.05, 0.1) is 9.79 Å². The second-order valence-electron chi connectivity index (χ2n) is 4.90. The maximum Gasteiger partial charge on any atom is 0.489 e. The van der Waals surface area contributed by atoms with Crippen LogP contribution in [0.1, 0.15) is 0 Å². The normalized spacial score (nSPS) is 11.5. The summed E-state index contributed by atoms with van der Waals surface area (Å²) < 4.78 is 25.8. The van der Waals surface area contributed by atoms with E-state index in [1.807, 2.05) is 0 Å². The molecule has 4 nitrogen and oxygen atoms in total. The Balaban J connectivity index is 2.34. The highest BCUT2D eigenvalue weighted by atomic mass is 32.2. The SMILES string of the molecule is O=S(=O)(c1ccccc1)c1c(B(O)O)cc2cccccc1-2. The maximum absolute atomic E-state index is 12.9. The fourth-order valence-corrected chi connectivity index (χ4v) is 4.19. The molecule has 1 aromatic carbocycles. The molecule has 0 amide bonds. The minimum atomic E-state index is -3.85. The zero-order valence-electron chi connectivity index (χ0n) is 11.5. The first kappa shape index (κ1) is 14.8. The smallest absolute Gasteiger partial charge is 0.423 e. The molecule has 22 heavy (non-hydrogen) atoms. The molecule has 2 N–H and O–H groups in total. The van der Waals surface area contributed by atoms with Crippen molar-refractivity contribution in [1.82, 2.24) is 0 Å². The van der Waals surface area contributed by atoms with Gasteiger partial charge in [-0.3, -0.25) is 0 Å². The van der Waals surface area contributed by atoms with E-state index >= 15 is 0 Å². The van der Waals surface area contributed by atoms with Gasteiger partial charge in [0, 0.05) is 11.0 Å². The zero-order valence-corrected chi connectivity index (χ0v) is 12.4. The Bertz CT molecular complexity index is 876. The van der Waals surface area contributed by atoms with Gasteiger partial charge in [0.2, 0.25) is 9.84 Å². The summed E-state index contributed by atoms with van der Waals surface area (Å²) in [6.07, 6.45) is 0. The highest BCUT2D eigenvalue weighted by Gasteiger charge is 2.32. The van der Waals surface area contributed by atoms with E-state index in [9.17, 15) is 18.5 Å². The molecular weight excluding hydrogens is 299 g/mol. The molecular formula is C16H13BO4S. The molecule has 1 aromatic rings. The van der Waals surface area contributed by atoms with E-state index in [0.717, 1.165) is 0 Å². The van der Waals surface area contributed by atoms with Gasteiger partial charge in [-0.25, -0.2) is 8.42 Å². The summed E-state index contributed by atoms with van der Waals surface area (Å²) in [5, 5.41) is 19.1. The lowest BCUT2D eigenvalue weighted by atomic mass is 9.82. The average molecular weight is 312 g/mol. The molecule has 0 atom stereocenters. The Hall–Kier alpha value is -2.15. The van der Waals surface area contributed by atoms with E-state index in [-0.39, 0.29) is 15.3 Å². The van der Waals surface area contributed by atoms with Crippen LogP contribution in [0.25, 0.3) is 11.1 Å². The van der Waals surface area contributed by atoms with Crippen LogP contribution in [0.2, 0.25) is 0 Å². The number of hydrogen-bond donors (Lipinski definition) is 2. The Morgan fingerprint density at radius 1 is 0.818 bits per heavy atom. The number of hydrogen-bond acceptors (Lipinski definition) is 4. The highest BCUT2D eigenvalue weighted by Crippen LogP contribution is 2.32. The second kappa shape index (κ2) is 5.57. The summed E-state index contributed by atoms with van der Waals surface area (Å²) in [6.45, 7) is 0. The average Bonchev–Trinajstić information content (AvgIpc) is 2.73. The molecule has 0 unspecified atom stereocenters. The molecule has 0 aliphatic heterocycles. The molecule has 0 radical (unpaired) electrons. The van der Waals surface area contributed by atoms with Crippen molar-refractivity contribution in [3.8, 4) is 11.1 Å². The van der Waals surface area contributed by atoms with Gasteiger partial charge in [-0.15, -0.1) is 0 Å². The quantitative estimate of drug-likeness (QED) is 0.715. The lowest BCUT2D eigenvalue weighted by molar-refractivity contribution is 0.425. The fraction of sp³-hybridized carbons (Fsp3) is 0. The molecule has 3 rings (SSSR count). The number of sulfone groups is 1. The molecule has 0 aromatic heterocycles. The lowest BCUT2D eigenvalue weighted by Crippen LogP contribution is -2.32. The third-order valence-electron chi connectivity index (χ3n) is 3.49. The van der Waals surface area contributed by atoms with Gasteiger partial charge in [-0.05, 0) is 17.7 Å². The van der Waals surface area contributed by atoms with E-state index in [2.05, 4.69) is 0 Å². The molecule has 0 fully saturated rings. The van der Waals surface area contributed by atoms with Crippen LogP contribution in [0.3, 0.4) is 0 Å². The second-order valence-corrected chi connectivity index (χ2v) is 6.79. The fourth-order valence-electron chi connectivity index (χ4n) is 2.49. The summed E-state index contributed by atoms with van der Waals surface area (Å²) in [7, 11) is -5.70. The van der Waals surface area contributed by atoms with E-state index < -0.39 is 17.0 Å². The van der Waals surface area contributed by atoms with Crippen LogP contribution in [0, 0.1) is 0 Å². The van der Waals surface area contributed by atoms with Crippen LogP contribution >= 0.6 is 0 Å². The summed E-state index contributed by atoms with van der Waals surface area (Å²) in [6, 6.07) is 18.2. The highest BCUT2D eigenvalue weighted by molar-refractivity contribution is 7.92. The molecule has 2 aliphatic rings. The monoisotopic (exact) mass is 312 g/mol. The van der Waals surface area contributed by atoms with Crippen molar-refractivity contribution >= 4 is 22.4 Å². The van der Waals surface area contributed by atoms with Crippen LogP contribution in [0.15, 0.2) is 76.5 Å². The van der Waals surface area contributed by atoms with Gasteiger partial charge < -0.3 is 10.0 Å². The van der Waals surface area contributed by atoms with Crippen molar-refractivity contribution < 1.29 is 18.5 Å². The molecule has 0 spiro atoms. The largest absolute Gasteiger partial charge is 0.489 e. The van der Waals surface area contributed by atoms with Gasteiger partial charge in [0.15, 0.2) is 0 Å². The van der Waals surface area contributed by atoms with Gasteiger partial charge in [-0.1, -0.05) is 54.6 Å². The first-order valence-corrected chi connectivity index (χ1v) is 8.18. The van der Waals surface area contributed by atoms with Gasteiger partial charge in [0.1, 0.15) is 0 Å². The summed E-state index contributed by atoms with van der Waals surface area (Å²) in [4.78, 5) is 0.0656. The Labute approximate surface area is 129 Å². The van der Waals surface area contributed by atoms with E-state index in [1.54, 1.807) is 48.5 Å². The zero-order chi connectivity index (χ0) is 15.7. The molecule has 6 heteroatoms. The predicted molar refractivity (Wildman–Crippen MR) is 84.8 cm³/mol. The summed E-state index contributed by atoms with van der Waals surface area (Å²) >= 11 is 0. The number of fused-ring (bicyclic) bond motifs is 1. The molecule has 0 bridgehead atoms. The summed E-state index contributed by atoms with van der Waals surface area (Å²) in [5.41, 5.74) is 1.10. The lowest BCUT2D eigenvalue weighted by Gasteiger charge is -2.08. The van der Waals surface area contributed by atoms with Crippen LogP contribution in [-0.4, -0.2) is 25.6 Å². The number of rotatable bonds is 3. The van der Waals surface area contributed by atoms with Crippen molar-refractivity contribution in [3.05, 3.63) is 66.7 Å². The first-order chi connectivity index (χ1) is 10.5. The maximum atomic E-state index is 12.9. The third-order valence-corrected chi connectivity index (χ3v) is 5.38. The Kier molecular flexibility index (Phi) is 3.74. The molecule has 0 saturated heterocycles. The molecule has 0 heterocycles. The van der Waals surface area contributed by atoms with Crippen molar-refractivity contribution in [1.29, 1.82) is 0 Å². The van der Waals surface area contributed by atoms with Crippen LogP contribution in [0.5, 0.6) is 0 Å². The van der Waals surface area contributed by atoms with E-state index in [0.29, 0.717) is 11.1 Å². The van der Waals surface area contributed by atoms with Crippen LogP contribution in [0.4, 0.5) is 0 Å². The topological polar surface area (TPSA) is 74.6 Å². The van der Waals surface area contributed by atoms with E-state index in [1.165, 1.54) is 18.2 Å². The van der Waals surface area contributed by atoms with Gasteiger partial charge >= 0.3 is 7.12 Å². The molecule has 0 saturated carbocycles. The summed E-state index contributed by atoms with van der Waals surface area (Å²) in [5.74, 6) is 0. The molecule has 110 valence electrons. The number of benzene rings is 1. The predicted octanol–water partition coefficient (Wildman–Crippen LogP) is 1.30. The first-order valence-electron chi connectivity index (χ1n) is 6.70. The van der Waals surface area contributed by atoms with Crippen LogP contribution < -0.4 is 5.46 Å². The van der Waals surface area contributed by atoms with Gasteiger partial charge in [-0.2, -0.15) is 0 Å². The molecule has 2 aliphatic carbocycles. The van der Waals surface area contributed by atoms with Crippen molar-refractivity contribution in [2.24, 2.45) is 0 Å². The third kappa shape index (κ3) is 2.41. The van der Waals surface area contributed by atoms with Gasteiger partial charge in [0.25, 0.3) is 0 Å². The van der Waals surface area contributed by atoms with E-state index in [4.69, 9.17) is 0 Å². The standard InChI is InChI=1S/C16H13BO4S/c18-17(19)15-11-12-7-3-1-6-10-14(12)16(15)22(20,21)13-8-4-2-5-9-13/h1-11,18-19H. The minimum Gasteiger partial charge on any atom is -0.423 e.